The van der Waals surface area contributed by atoms with Crippen LogP contribution < -0.4 is 11.1 Å². The van der Waals surface area contributed by atoms with Crippen molar-refractivity contribution in [1.29, 1.82) is 0 Å². The number of nitrogens with two attached hydrogens (primary N) is 1. The molecule has 6 aromatic heterocycles. The summed E-state index contributed by atoms with van der Waals surface area (Å²) in [5.74, 6) is 2.71. The molecule has 3 amide bonds. The van der Waals surface area contributed by atoms with Crippen molar-refractivity contribution in [3.05, 3.63) is 48.6 Å². The van der Waals surface area contributed by atoms with Crippen LogP contribution in [0.4, 0.5) is 9.59 Å². The summed E-state index contributed by atoms with van der Waals surface area (Å²) in [4.78, 5) is 41.2. The van der Waals surface area contributed by atoms with E-state index in [1.165, 1.54) is 0 Å². The first-order valence-electron chi connectivity index (χ1n) is 18.0. The molecule has 10 rings (SSSR count). The van der Waals surface area contributed by atoms with Crippen LogP contribution in [0.25, 0.3) is 33.6 Å². The Morgan fingerprint density at radius 1 is 0.731 bits per heavy atom. The van der Waals surface area contributed by atoms with Crippen LogP contribution in [-0.4, -0.2) is 109 Å². The van der Waals surface area contributed by atoms with Gasteiger partial charge in [0.2, 0.25) is 0 Å². The average Bonchev–Trinajstić information content (AvgIpc) is 3.99. The van der Waals surface area contributed by atoms with E-state index >= 15 is 0 Å². The summed E-state index contributed by atoms with van der Waals surface area (Å²) in [6.07, 6.45) is 17.8. The van der Waals surface area contributed by atoms with E-state index < -0.39 is 0 Å². The second-order valence-electron chi connectivity index (χ2n) is 14.0. The van der Waals surface area contributed by atoms with Crippen molar-refractivity contribution in [3.8, 4) is 0 Å². The van der Waals surface area contributed by atoms with Gasteiger partial charge in [-0.3, -0.25) is 13.6 Å². The second-order valence-corrected chi connectivity index (χ2v) is 14.3. The molecule has 8 heterocycles. The molecule has 2 saturated heterocycles. The Hall–Kier alpha value is -4.54. The quantitative estimate of drug-likeness (QED) is 0.140. The molecule has 4 aliphatic rings. The van der Waals surface area contributed by atoms with Gasteiger partial charge in [-0.25, -0.2) is 14.8 Å². The van der Waals surface area contributed by atoms with Gasteiger partial charge in [0.25, 0.3) is 0 Å². The number of halogens is 2. The zero-order valence-electron chi connectivity index (χ0n) is 28.8. The van der Waals surface area contributed by atoms with Crippen LogP contribution in [0.2, 0.25) is 0 Å². The molecular formula is C34H44Cl2N14O2. The van der Waals surface area contributed by atoms with Gasteiger partial charge < -0.3 is 30.8 Å². The smallest absolute Gasteiger partial charge is 0.317 e. The lowest BCUT2D eigenvalue weighted by atomic mass is 10.1. The maximum Gasteiger partial charge on any atom is 0.317 e. The number of aromatic amines is 2. The molecule has 4 atom stereocenters. The molecule has 16 nitrogen and oxygen atoms in total. The fourth-order valence-corrected chi connectivity index (χ4v) is 8.17. The highest BCUT2D eigenvalue weighted by Gasteiger charge is 2.32. The van der Waals surface area contributed by atoms with E-state index in [9.17, 15) is 9.59 Å². The van der Waals surface area contributed by atoms with Gasteiger partial charge in [0.05, 0.1) is 23.4 Å². The summed E-state index contributed by atoms with van der Waals surface area (Å²) in [6, 6.07) is 4.62. The molecule has 18 heteroatoms. The molecule has 52 heavy (non-hydrogen) atoms. The lowest BCUT2D eigenvalue weighted by molar-refractivity contribution is 0.204. The van der Waals surface area contributed by atoms with Gasteiger partial charge in [0.1, 0.15) is 11.6 Å². The lowest BCUT2D eigenvalue weighted by Gasteiger charge is -2.20. The van der Waals surface area contributed by atoms with Gasteiger partial charge in [-0.2, -0.15) is 0 Å². The van der Waals surface area contributed by atoms with E-state index in [4.69, 9.17) is 17.3 Å². The van der Waals surface area contributed by atoms with E-state index in [1.807, 2.05) is 29.4 Å². The molecule has 2 aliphatic heterocycles. The van der Waals surface area contributed by atoms with Gasteiger partial charge in [-0.1, -0.05) is 0 Å². The number of fused-ring (bicyclic) bond motifs is 6. The van der Waals surface area contributed by atoms with Crippen LogP contribution in [0.1, 0.15) is 87.7 Å². The SMILES string of the molecule is Cl.N[C@@H]1CC[C@@H](c2nnc3cnc4[nH]ccc4n23)C1.O=C(Cl)N1CCCC1.O=C(N[C@@H]1CC[C@@H](c2nnc3cnc4[nH]ccc4n23)C1)N1CCCC1. The number of rotatable bonds is 3. The van der Waals surface area contributed by atoms with Crippen LogP contribution in [0.15, 0.2) is 36.9 Å². The third-order valence-electron chi connectivity index (χ3n) is 10.6. The molecule has 5 N–H and O–H groups in total. The highest BCUT2D eigenvalue weighted by Crippen LogP contribution is 2.35. The number of aromatic nitrogens is 10. The Morgan fingerprint density at radius 3 is 1.75 bits per heavy atom. The van der Waals surface area contributed by atoms with Gasteiger partial charge in [-0.15, -0.1) is 32.8 Å². The molecule has 2 saturated carbocycles. The minimum atomic E-state index is -0.303. The summed E-state index contributed by atoms with van der Waals surface area (Å²) in [5.41, 5.74) is 11.3. The summed E-state index contributed by atoms with van der Waals surface area (Å²) in [6.45, 7) is 3.47. The summed E-state index contributed by atoms with van der Waals surface area (Å²) in [7, 11) is 0. The number of urea groups is 1. The van der Waals surface area contributed by atoms with Crippen molar-refractivity contribution in [2.45, 2.75) is 88.1 Å². The van der Waals surface area contributed by atoms with Crippen molar-refractivity contribution < 1.29 is 9.59 Å². The summed E-state index contributed by atoms with van der Waals surface area (Å²) >= 11 is 5.17. The van der Waals surface area contributed by atoms with Crippen molar-refractivity contribution >= 4 is 69.0 Å². The van der Waals surface area contributed by atoms with E-state index in [0.717, 1.165) is 136 Å². The molecule has 276 valence electrons. The van der Waals surface area contributed by atoms with Crippen LogP contribution >= 0.6 is 24.0 Å². The molecule has 0 bridgehead atoms. The second kappa shape index (κ2) is 15.6. The number of nitrogens with zero attached hydrogens (tertiary/aromatic N) is 10. The Kier molecular flexibility index (Phi) is 10.8. The Labute approximate surface area is 310 Å². The minimum absolute atomic E-state index is 0. The molecule has 0 radical (unpaired) electrons. The maximum absolute atomic E-state index is 12.3. The summed E-state index contributed by atoms with van der Waals surface area (Å²) < 4.78 is 4.19. The third kappa shape index (κ3) is 7.23. The van der Waals surface area contributed by atoms with Crippen LogP contribution in [-0.2, 0) is 0 Å². The van der Waals surface area contributed by atoms with E-state index in [2.05, 4.69) is 54.4 Å². The zero-order chi connectivity index (χ0) is 34.9. The van der Waals surface area contributed by atoms with Gasteiger partial charge >= 0.3 is 11.4 Å². The first kappa shape index (κ1) is 35.8. The average molecular weight is 752 g/mol. The van der Waals surface area contributed by atoms with E-state index in [1.54, 1.807) is 17.3 Å². The number of amides is 3. The monoisotopic (exact) mass is 750 g/mol. The fraction of sp³-hybridized carbons (Fsp3) is 0.529. The van der Waals surface area contributed by atoms with Crippen molar-refractivity contribution in [1.82, 2.24) is 64.2 Å². The molecule has 0 aromatic carbocycles. The van der Waals surface area contributed by atoms with Gasteiger partial charge in [-0.05, 0) is 87.9 Å². The number of carbonyl (C=O) groups excluding carboxylic acids is 2. The standard InChI is InChI=1S/C17H21N7O.C12H14N6.C5H8ClNO.ClH/c25-17(23-7-1-2-8-23)20-12-4-3-11(9-12)16-22-21-14-10-19-15-13(24(14)16)5-6-18-15;13-8-2-1-7(5-8)12-17-16-10-6-15-11-9(18(10)12)3-4-14-11;6-5(8)7-3-1-2-4-7;/h5-6,10-12,18H,1-4,7-9H2,(H,20,25);3-4,6-8,14H,1-2,5,13H2;1-4H2;1H/t11-,12-;7-,8-;;/m11../s1. The van der Waals surface area contributed by atoms with Crippen molar-refractivity contribution in [2.24, 2.45) is 5.73 Å². The van der Waals surface area contributed by atoms with Gasteiger partial charge in [0, 0.05) is 62.5 Å². The maximum atomic E-state index is 12.3. The minimum Gasteiger partial charge on any atom is -0.345 e. The van der Waals surface area contributed by atoms with E-state index in [-0.39, 0.29) is 29.8 Å². The zero-order valence-corrected chi connectivity index (χ0v) is 30.4. The Balaban J connectivity index is 0.000000136. The highest BCUT2D eigenvalue weighted by atomic mass is 35.5. The summed E-state index contributed by atoms with van der Waals surface area (Å²) in [5, 5.41) is 20.2. The number of hydrogen-bond acceptors (Lipinski definition) is 9. The molecule has 0 unspecified atom stereocenters. The predicted octanol–water partition coefficient (Wildman–Crippen LogP) is 5.11. The number of nitrogens with one attached hydrogen (secondary N) is 3. The number of hydrogen-bond donors (Lipinski definition) is 4. The Bertz CT molecular complexity index is 2150. The normalized spacial score (nSPS) is 22.8. The van der Waals surface area contributed by atoms with Crippen LogP contribution in [0.3, 0.4) is 0 Å². The van der Waals surface area contributed by atoms with E-state index in [0.29, 0.717) is 17.9 Å². The molecular weight excluding hydrogens is 707 g/mol. The number of likely N-dealkylation sites (tertiary alicyclic amines) is 2. The molecule has 4 fully saturated rings. The highest BCUT2D eigenvalue weighted by molar-refractivity contribution is 6.62. The largest absolute Gasteiger partial charge is 0.345 e. The van der Waals surface area contributed by atoms with Gasteiger partial charge in [0.15, 0.2) is 22.6 Å². The Morgan fingerprint density at radius 2 is 1.25 bits per heavy atom. The molecule has 2 aliphatic carbocycles. The topological polar surface area (TPSA) is 196 Å². The number of carbonyl (C=O) groups is 2. The van der Waals surface area contributed by atoms with Crippen molar-refractivity contribution in [2.75, 3.05) is 26.2 Å². The lowest BCUT2D eigenvalue weighted by Crippen LogP contribution is -2.42. The first-order valence-corrected chi connectivity index (χ1v) is 18.4. The third-order valence-corrected chi connectivity index (χ3v) is 10.9. The molecule has 0 spiro atoms. The van der Waals surface area contributed by atoms with Crippen molar-refractivity contribution in [3.63, 3.8) is 0 Å². The van der Waals surface area contributed by atoms with Crippen LogP contribution in [0.5, 0.6) is 0 Å². The number of H-pyrrole nitrogens is 2. The molecule has 6 aromatic rings. The fourth-order valence-electron chi connectivity index (χ4n) is 8.00. The first-order chi connectivity index (χ1) is 24.9. The predicted molar refractivity (Wildman–Crippen MR) is 199 cm³/mol. The van der Waals surface area contributed by atoms with Crippen LogP contribution in [0, 0.1) is 0 Å².